The summed E-state index contributed by atoms with van der Waals surface area (Å²) >= 11 is 0. The minimum Gasteiger partial charge on any atom is -0.351 e. The molecular weight excluding hydrogens is 194 g/mol. The third-order valence-electron chi connectivity index (χ3n) is 2.35. The summed E-state index contributed by atoms with van der Waals surface area (Å²) in [5, 5.41) is 2.07. The average molecular weight is 215 g/mol. The van der Waals surface area contributed by atoms with Gasteiger partial charge in [-0.1, -0.05) is 13.8 Å². The van der Waals surface area contributed by atoms with Crippen LogP contribution in [0, 0.1) is 5.92 Å². The summed E-state index contributed by atoms with van der Waals surface area (Å²) in [4.78, 5) is 23.8. The maximum absolute atomic E-state index is 11.4. The molecule has 0 aromatic carbocycles. The van der Waals surface area contributed by atoms with Crippen molar-refractivity contribution in [1.82, 2.24) is 10.2 Å². The fraction of sp³-hybridized carbons (Fsp3) is 0.800. The largest absolute Gasteiger partial charge is 0.351 e. The molecule has 0 radical (unpaired) electrons. The quantitative estimate of drug-likeness (QED) is 0.703. The molecule has 88 valence electrons. The maximum atomic E-state index is 11.4. The van der Waals surface area contributed by atoms with Crippen LogP contribution in [0.1, 0.15) is 27.2 Å². The van der Waals surface area contributed by atoms with Gasteiger partial charge < -0.3 is 5.73 Å². The number of imide groups is 1. The van der Waals surface area contributed by atoms with Gasteiger partial charge in [-0.2, -0.15) is 0 Å². The van der Waals surface area contributed by atoms with Crippen LogP contribution in [0.5, 0.6) is 0 Å². The normalized spacial score (nSPS) is 12.9. The summed E-state index contributed by atoms with van der Waals surface area (Å²) < 4.78 is 0. The van der Waals surface area contributed by atoms with E-state index >= 15 is 0 Å². The van der Waals surface area contributed by atoms with Gasteiger partial charge in [-0.05, 0) is 32.9 Å². The number of nitrogens with one attached hydrogen (secondary N) is 1. The summed E-state index contributed by atoms with van der Waals surface area (Å²) in [5.74, 6) is 0.243. The molecule has 1 atom stereocenters. The highest BCUT2D eigenvalue weighted by molar-refractivity contribution is 5.96. The molecule has 15 heavy (non-hydrogen) atoms. The van der Waals surface area contributed by atoms with Crippen molar-refractivity contribution in [2.24, 2.45) is 11.7 Å². The summed E-state index contributed by atoms with van der Waals surface area (Å²) in [5.41, 5.74) is 4.86. The number of urea groups is 1. The maximum Gasteiger partial charge on any atom is 0.318 e. The average Bonchev–Trinajstić information content (AvgIpc) is 2.11. The highest BCUT2D eigenvalue weighted by atomic mass is 16.2. The Morgan fingerprint density at radius 1 is 1.33 bits per heavy atom. The summed E-state index contributed by atoms with van der Waals surface area (Å²) in [7, 11) is 1.85. The molecule has 3 amide bonds. The summed E-state index contributed by atoms with van der Waals surface area (Å²) in [6.45, 7) is 6.83. The lowest BCUT2D eigenvalue weighted by Crippen LogP contribution is -2.47. The van der Waals surface area contributed by atoms with Gasteiger partial charge in [0.1, 0.15) is 0 Å². The Hall–Kier alpha value is -1.10. The van der Waals surface area contributed by atoms with Crippen molar-refractivity contribution in [3.8, 4) is 0 Å². The van der Waals surface area contributed by atoms with Crippen LogP contribution in [0.2, 0.25) is 0 Å². The molecule has 0 saturated heterocycles. The Morgan fingerprint density at radius 2 is 1.87 bits per heavy atom. The van der Waals surface area contributed by atoms with E-state index in [1.54, 1.807) is 6.92 Å². The smallest absolute Gasteiger partial charge is 0.318 e. The van der Waals surface area contributed by atoms with Crippen molar-refractivity contribution < 1.29 is 9.59 Å². The predicted octanol–water partition coefficient (Wildman–Crippen LogP) is 0.548. The van der Waals surface area contributed by atoms with Crippen LogP contribution in [0.25, 0.3) is 0 Å². The fourth-order valence-corrected chi connectivity index (χ4v) is 1.08. The number of carbonyl (C=O) groups is 2. The van der Waals surface area contributed by atoms with Gasteiger partial charge in [0, 0.05) is 0 Å². The van der Waals surface area contributed by atoms with Gasteiger partial charge >= 0.3 is 6.03 Å². The van der Waals surface area contributed by atoms with Crippen LogP contribution in [0.4, 0.5) is 4.79 Å². The number of primary amides is 1. The summed E-state index contributed by atoms with van der Waals surface area (Å²) in [6, 6.07) is -1.14. The first kappa shape index (κ1) is 13.9. The molecule has 0 aromatic rings. The number of hydrogen-bond acceptors (Lipinski definition) is 3. The number of nitrogens with zero attached hydrogens (tertiary/aromatic N) is 1. The highest BCUT2D eigenvalue weighted by Gasteiger charge is 2.18. The van der Waals surface area contributed by atoms with Crippen LogP contribution >= 0.6 is 0 Å². The van der Waals surface area contributed by atoms with Gasteiger partial charge in [0.2, 0.25) is 5.91 Å². The van der Waals surface area contributed by atoms with Crippen molar-refractivity contribution in [2.45, 2.75) is 33.2 Å². The van der Waals surface area contributed by atoms with Crippen LogP contribution in [0.15, 0.2) is 0 Å². The first-order valence-corrected chi connectivity index (χ1v) is 5.15. The molecule has 0 heterocycles. The Balaban J connectivity index is 4.01. The van der Waals surface area contributed by atoms with E-state index in [2.05, 4.69) is 19.2 Å². The molecule has 0 bridgehead atoms. The topological polar surface area (TPSA) is 75.4 Å². The van der Waals surface area contributed by atoms with E-state index in [0.717, 1.165) is 13.0 Å². The predicted molar refractivity (Wildman–Crippen MR) is 59.3 cm³/mol. The van der Waals surface area contributed by atoms with E-state index in [1.165, 1.54) is 0 Å². The Morgan fingerprint density at radius 3 is 2.27 bits per heavy atom. The van der Waals surface area contributed by atoms with E-state index in [9.17, 15) is 9.59 Å². The Bertz CT molecular complexity index is 229. The number of hydrogen-bond donors (Lipinski definition) is 2. The number of nitrogens with two attached hydrogens (primary N) is 1. The van der Waals surface area contributed by atoms with Gasteiger partial charge in [0.15, 0.2) is 0 Å². The minimum absolute atomic E-state index is 0.337. The molecule has 5 heteroatoms. The van der Waals surface area contributed by atoms with Gasteiger partial charge in [-0.15, -0.1) is 0 Å². The van der Waals surface area contributed by atoms with Crippen LogP contribution < -0.4 is 11.1 Å². The second-order valence-corrected chi connectivity index (χ2v) is 4.19. The molecule has 0 aromatic heterocycles. The number of likely N-dealkylation sites (N-methyl/N-ethyl adjacent to an activating group) is 1. The molecule has 1 unspecified atom stereocenters. The molecule has 3 N–H and O–H groups in total. The van der Waals surface area contributed by atoms with Crippen LogP contribution in [-0.2, 0) is 4.79 Å². The lowest BCUT2D eigenvalue weighted by molar-refractivity contribution is -0.124. The molecular formula is C10H21N3O2. The van der Waals surface area contributed by atoms with Gasteiger partial charge in [-0.25, -0.2) is 4.79 Å². The van der Waals surface area contributed by atoms with Crippen molar-refractivity contribution in [1.29, 1.82) is 0 Å². The molecule has 0 spiro atoms. The third kappa shape index (κ3) is 6.06. The molecule has 0 aliphatic carbocycles. The zero-order valence-electron chi connectivity index (χ0n) is 9.91. The molecule has 0 aliphatic heterocycles. The molecule has 0 fully saturated rings. The molecule has 0 rings (SSSR count). The van der Waals surface area contributed by atoms with Crippen LogP contribution in [0.3, 0.4) is 0 Å². The lowest BCUT2D eigenvalue weighted by Gasteiger charge is -2.23. The SMILES string of the molecule is CC(C)CCN(C)C(C)C(=O)NC(N)=O. The standard InChI is InChI=1S/C10H21N3O2/c1-7(2)5-6-13(4)8(3)9(14)12-10(11)15/h7-8H,5-6H2,1-4H3,(H3,11,12,14,15). The van der Waals surface area contributed by atoms with E-state index in [1.807, 2.05) is 11.9 Å². The molecule has 0 aliphatic rings. The van der Waals surface area contributed by atoms with E-state index in [0.29, 0.717) is 5.92 Å². The Labute approximate surface area is 91.0 Å². The van der Waals surface area contributed by atoms with E-state index in [-0.39, 0.29) is 11.9 Å². The number of carbonyl (C=O) groups excluding carboxylic acids is 2. The monoisotopic (exact) mass is 215 g/mol. The van der Waals surface area contributed by atoms with Gasteiger partial charge in [-0.3, -0.25) is 15.0 Å². The first-order chi connectivity index (χ1) is 6.84. The molecule has 5 nitrogen and oxygen atoms in total. The van der Waals surface area contributed by atoms with Gasteiger partial charge in [0.05, 0.1) is 6.04 Å². The number of rotatable bonds is 5. The third-order valence-corrected chi connectivity index (χ3v) is 2.35. The van der Waals surface area contributed by atoms with Crippen molar-refractivity contribution in [3.63, 3.8) is 0 Å². The second-order valence-electron chi connectivity index (χ2n) is 4.19. The zero-order valence-corrected chi connectivity index (χ0v) is 9.91. The van der Waals surface area contributed by atoms with Crippen LogP contribution in [-0.4, -0.2) is 36.5 Å². The highest BCUT2D eigenvalue weighted by Crippen LogP contribution is 2.03. The van der Waals surface area contributed by atoms with Crippen molar-refractivity contribution in [2.75, 3.05) is 13.6 Å². The fourth-order valence-electron chi connectivity index (χ4n) is 1.08. The Kier molecular flexibility index (Phi) is 5.93. The molecule has 0 saturated carbocycles. The minimum atomic E-state index is -0.802. The lowest BCUT2D eigenvalue weighted by atomic mass is 10.1. The number of amides is 3. The van der Waals surface area contributed by atoms with Crippen molar-refractivity contribution >= 4 is 11.9 Å². The van der Waals surface area contributed by atoms with E-state index < -0.39 is 6.03 Å². The van der Waals surface area contributed by atoms with E-state index in [4.69, 9.17) is 5.73 Å². The summed E-state index contributed by atoms with van der Waals surface area (Å²) in [6.07, 6.45) is 1.02. The van der Waals surface area contributed by atoms with Gasteiger partial charge in [0.25, 0.3) is 0 Å². The first-order valence-electron chi connectivity index (χ1n) is 5.15. The zero-order chi connectivity index (χ0) is 12.0. The second kappa shape index (κ2) is 6.40. The van der Waals surface area contributed by atoms with Crippen molar-refractivity contribution in [3.05, 3.63) is 0 Å².